The largest absolute Gasteiger partial charge is 0.497 e. The van der Waals surface area contributed by atoms with Gasteiger partial charge in [-0.3, -0.25) is 4.79 Å². The van der Waals surface area contributed by atoms with Crippen LogP contribution in [0.2, 0.25) is 5.02 Å². The molecule has 34 heavy (non-hydrogen) atoms. The number of carbonyl (C=O) groups is 2. The van der Waals surface area contributed by atoms with Crippen LogP contribution in [0.5, 0.6) is 5.75 Å². The molecule has 1 saturated heterocycles. The highest BCUT2D eigenvalue weighted by molar-refractivity contribution is 6.33. The Hall–Kier alpha value is -3.59. The molecule has 0 aliphatic carbocycles. The lowest BCUT2D eigenvalue weighted by Gasteiger charge is -2.36. The molecule has 0 N–H and O–H groups in total. The van der Waals surface area contributed by atoms with Gasteiger partial charge in [-0.25, -0.2) is 14.5 Å². The van der Waals surface area contributed by atoms with Crippen molar-refractivity contribution < 1.29 is 19.1 Å². The first-order valence-electron chi connectivity index (χ1n) is 10.9. The molecule has 0 unspecified atom stereocenters. The number of esters is 1. The van der Waals surface area contributed by atoms with E-state index in [4.69, 9.17) is 21.1 Å². The topological polar surface area (TPSA) is 89.8 Å². The summed E-state index contributed by atoms with van der Waals surface area (Å²) in [7, 11) is 1.63. The van der Waals surface area contributed by atoms with Crippen LogP contribution >= 0.6 is 11.6 Å². The molecule has 3 aromatic rings. The second-order valence-corrected chi connectivity index (χ2v) is 8.39. The van der Waals surface area contributed by atoms with E-state index in [1.165, 1.54) is 0 Å². The van der Waals surface area contributed by atoms with Gasteiger partial charge >= 0.3 is 5.97 Å². The van der Waals surface area contributed by atoms with Crippen LogP contribution in [-0.2, 0) is 9.53 Å². The van der Waals surface area contributed by atoms with Crippen LogP contribution in [0.15, 0.2) is 42.5 Å². The van der Waals surface area contributed by atoms with Gasteiger partial charge in [0.1, 0.15) is 5.75 Å². The van der Waals surface area contributed by atoms with E-state index in [9.17, 15) is 9.59 Å². The summed E-state index contributed by atoms with van der Waals surface area (Å²) in [4.78, 5) is 33.5. The summed E-state index contributed by atoms with van der Waals surface area (Å²) < 4.78 is 12.1. The van der Waals surface area contributed by atoms with Crippen molar-refractivity contribution in [2.45, 2.75) is 13.8 Å². The molecular weight excluding hydrogens is 458 g/mol. The summed E-state index contributed by atoms with van der Waals surface area (Å²) in [5.74, 6) is 0.240. The highest BCUT2D eigenvalue weighted by Gasteiger charge is 2.24. The number of methoxy groups -OCH3 is 1. The number of halogens is 1. The Bertz CT molecular complexity index is 1190. The molecule has 1 fully saturated rings. The monoisotopic (exact) mass is 483 g/mol. The van der Waals surface area contributed by atoms with Crippen LogP contribution in [0, 0.1) is 13.8 Å². The lowest BCUT2D eigenvalue weighted by Crippen LogP contribution is -2.49. The number of aryl methyl sites for hydroxylation is 2. The minimum atomic E-state index is -0.751. The molecule has 0 spiro atoms. The number of amides is 1. The van der Waals surface area contributed by atoms with Crippen molar-refractivity contribution >= 4 is 29.2 Å². The van der Waals surface area contributed by atoms with Gasteiger partial charge in [-0.15, -0.1) is 0 Å². The van der Waals surface area contributed by atoms with Crippen molar-refractivity contribution in [1.29, 1.82) is 0 Å². The summed E-state index contributed by atoms with van der Waals surface area (Å²) in [6.07, 6.45) is 0. The van der Waals surface area contributed by atoms with Gasteiger partial charge in [-0.1, -0.05) is 11.6 Å². The first-order valence-corrected chi connectivity index (χ1v) is 11.3. The van der Waals surface area contributed by atoms with Crippen molar-refractivity contribution in [3.05, 3.63) is 64.6 Å². The minimum absolute atomic E-state index is 0.0520. The molecular formula is C24H26ClN5O4. The SMILES string of the molecule is COc1ccc(N2CCN(C(=O)COC(=O)c3nc(-n4nc(C)cc4C)ccc3Cl)CC2)cc1. The number of ether oxygens (including phenoxy) is 2. The van der Waals surface area contributed by atoms with E-state index < -0.39 is 5.97 Å². The highest BCUT2D eigenvalue weighted by Crippen LogP contribution is 2.21. The van der Waals surface area contributed by atoms with Crippen LogP contribution in [-0.4, -0.2) is 71.4 Å². The Balaban J connectivity index is 1.33. The van der Waals surface area contributed by atoms with Gasteiger partial charge in [0.05, 0.1) is 17.8 Å². The zero-order valence-electron chi connectivity index (χ0n) is 19.3. The minimum Gasteiger partial charge on any atom is -0.497 e. The van der Waals surface area contributed by atoms with Gasteiger partial charge < -0.3 is 19.3 Å². The lowest BCUT2D eigenvalue weighted by molar-refractivity contribution is -0.134. The summed E-state index contributed by atoms with van der Waals surface area (Å²) in [6, 6.07) is 13.0. The smallest absolute Gasteiger partial charge is 0.359 e. The van der Waals surface area contributed by atoms with Crippen LogP contribution < -0.4 is 9.64 Å². The number of piperazine rings is 1. The number of benzene rings is 1. The normalized spacial score (nSPS) is 13.6. The summed E-state index contributed by atoms with van der Waals surface area (Å²) >= 11 is 6.18. The molecule has 0 saturated carbocycles. The van der Waals surface area contributed by atoms with E-state index in [2.05, 4.69) is 15.0 Å². The Kier molecular flexibility index (Phi) is 7.02. The molecule has 4 rings (SSSR count). The molecule has 1 aliphatic heterocycles. The number of pyridine rings is 1. The zero-order valence-corrected chi connectivity index (χ0v) is 20.1. The van der Waals surface area contributed by atoms with Crippen LogP contribution in [0.4, 0.5) is 5.69 Å². The van der Waals surface area contributed by atoms with Crippen molar-refractivity contribution in [2.24, 2.45) is 0 Å². The van der Waals surface area contributed by atoms with E-state index in [1.807, 2.05) is 44.2 Å². The highest BCUT2D eigenvalue weighted by atomic mass is 35.5. The molecule has 1 aromatic carbocycles. The van der Waals surface area contributed by atoms with Crippen molar-refractivity contribution in [3.63, 3.8) is 0 Å². The first kappa shape index (κ1) is 23.6. The summed E-state index contributed by atoms with van der Waals surface area (Å²) in [5, 5.41) is 4.52. The van der Waals surface area contributed by atoms with Gasteiger partial charge in [0, 0.05) is 37.6 Å². The molecule has 9 nitrogen and oxygen atoms in total. The number of carbonyl (C=O) groups excluding carboxylic acids is 2. The van der Waals surface area contributed by atoms with E-state index in [1.54, 1.807) is 28.8 Å². The number of hydrogen-bond donors (Lipinski definition) is 0. The molecule has 2 aromatic heterocycles. The molecule has 0 radical (unpaired) electrons. The van der Waals surface area contributed by atoms with Crippen molar-refractivity contribution in [1.82, 2.24) is 19.7 Å². The number of hydrogen-bond acceptors (Lipinski definition) is 7. The molecule has 178 valence electrons. The average molecular weight is 484 g/mol. The second kappa shape index (κ2) is 10.1. The Labute approximate surface area is 202 Å². The average Bonchev–Trinajstić information content (AvgIpc) is 3.20. The first-order chi connectivity index (χ1) is 16.4. The fourth-order valence-electron chi connectivity index (χ4n) is 3.85. The fourth-order valence-corrected chi connectivity index (χ4v) is 4.03. The summed E-state index contributed by atoms with van der Waals surface area (Å²) in [5.41, 5.74) is 2.72. The quantitative estimate of drug-likeness (QED) is 0.498. The van der Waals surface area contributed by atoms with E-state index in [0.717, 1.165) is 22.8 Å². The molecule has 1 amide bonds. The molecule has 1 aliphatic rings. The van der Waals surface area contributed by atoms with Crippen LogP contribution in [0.3, 0.4) is 0 Å². The predicted molar refractivity (Wildman–Crippen MR) is 128 cm³/mol. The molecule has 10 heteroatoms. The van der Waals surface area contributed by atoms with Crippen molar-refractivity contribution in [3.8, 4) is 11.6 Å². The van der Waals surface area contributed by atoms with Gasteiger partial charge in [0.25, 0.3) is 5.91 Å². The van der Waals surface area contributed by atoms with Crippen LogP contribution in [0.1, 0.15) is 21.9 Å². The lowest BCUT2D eigenvalue weighted by atomic mass is 10.2. The maximum Gasteiger partial charge on any atom is 0.359 e. The standard InChI is InChI=1S/C24H26ClN5O4/c1-16-14-17(2)30(27-16)21-9-8-20(25)23(26-21)24(32)34-15-22(31)29-12-10-28(11-13-29)18-4-6-19(33-3)7-5-18/h4-9,14H,10-13,15H2,1-3H3. The Morgan fingerprint density at radius 1 is 1.03 bits per heavy atom. The maximum atomic E-state index is 12.6. The Morgan fingerprint density at radius 3 is 2.35 bits per heavy atom. The Morgan fingerprint density at radius 2 is 1.74 bits per heavy atom. The number of anilines is 1. The van der Waals surface area contributed by atoms with Gasteiger partial charge in [-0.2, -0.15) is 5.10 Å². The van der Waals surface area contributed by atoms with Gasteiger partial charge in [0.2, 0.25) is 0 Å². The maximum absolute atomic E-state index is 12.6. The third-order valence-corrected chi connectivity index (χ3v) is 5.95. The molecule has 3 heterocycles. The van der Waals surface area contributed by atoms with Gasteiger partial charge in [-0.05, 0) is 56.3 Å². The van der Waals surface area contributed by atoms with Crippen molar-refractivity contribution in [2.75, 3.05) is 44.8 Å². The third kappa shape index (κ3) is 5.14. The number of aromatic nitrogens is 3. The van der Waals surface area contributed by atoms with Gasteiger partial charge in [0.15, 0.2) is 18.1 Å². The number of nitrogens with zero attached hydrogens (tertiary/aromatic N) is 5. The summed E-state index contributed by atoms with van der Waals surface area (Å²) in [6.45, 7) is 5.83. The van der Waals surface area contributed by atoms with E-state index in [-0.39, 0.29) is 23.2 Å². The fraction of sp³-hybridized carbons (Fsp3) is 0.333. The third-order valence-electron chi connectivity index (χ3n) is 5.65. The number of rotatable bonds is 6. The predicted octanol–water partition coefficient (Wildman–Crippen LogP) is 3.05. The van der Waals surface area contributed by atoms with E-state index >= 15 is 0 Å². The van der Waals surface area contributed by atoms with Crippen LogP contribution in [0.25, 0.3) is 5.82 Å². The second-order valence-electron chi connectivity index (χ2n) is 7.98. The molecule has 0 bridgehead atoms. The zero-order chi connectivity index (χ0) is 24.2. The molecule has 0 atom stereocenters. The van der Waals surface area contributed by atoms with E-state index in [0.29, 0.717) is 32.0 Å².